The summed E-state index contributed by atoms with van der Waals surface area (Å²) >= 11 is 0. The van der Waals surface area contributed by atoms with E-state index in [1.54, 1.807) is 0 Å². The molecule has 0 rings (SSSR count). The van der Waals surface area contributed by atoms with Gasteiger partial charge < -0.3 is 11.0 Å². The zero-order valence-corrected chi connectivity index (χ0v) is 25.1. The van der Waals surface area contributed by atoms with E-state index in [9.17, 15) is 0 Å². The summed E-state index contributed by atoms with van der Waals surface area (Å²) in [5, 5.41) is 0. The average molecular weight is 560 g/mol. The molecule has 0 spiro atoms. The molecule has 0 aromatic heterocycles. The molecule has 0 bridgehead atoms. The first-order chi connectivity index (χ1) is 6.00. The van der Waals surface area contributed by atoms with Crippen molar-refractivity contribution < 1.29 is 52.2 Å². The normalized spacial score (nSPS) is 9.47. The molecule has 0 aromatic rings. The fourth-order valence-electron chi connectivity index (χ4n) is 0. The van der Waals surface area contributed by atoms with Crippen molar-refractivity contribution in [1.29, 1.82) is 0 Å². The topological polar surface area (TPSA) is 63.0 Å². The standard InChI is InChI=1S/3C4H12Si.2H2O.Pr.Sn/c3*1-5(2,3)4;;;;/h3*1-4H3;2*1H2;;. The van der Waals surface area contributed by atoms with E-state index in [1.807, 2.05) is 0 Å². The van der Waals surface area contributed by atoms with Gasteiger partial charge in [-0.2, -0.15) is 0 Å². The van der Waals surface area contributed by atoms with Gasteiger partial charge in [-0.3, -0.25) is 0 Å². The van der Waals surface area contributed by atoms with Crippen LogP contribution in [-0.4, -0.2) is 59.1 Å². The van der Waals surface area contributed by atoms with Crippen LogP contribution in [0.3, 0.4) is 0 Å². The molecule has 5 radical (unpaired) electrons. The molecule has 0 fully saturated rings. The van der Waals surface area contributed by atoms with E-state index in [1.165, 1.54) is 0 Å². The molecule has 2 nitrogen and oxygen atoms in total. The van der Waals surface area contributed by atoms with Crippen LogP contribution in [0.15, 0.2) is 0 Å². The van der Waals surface area contributed by atoms with Crippen LogP contribution < -0.4 is 0 Å². The van der Waals surface area contributed by atoms with Gasteiger partial charge in [-0.25, -0.2) is 0 Å². The molecular formula is C12H40O2PrSi3Sn. The van der Waals surface area contributed by atoms with Gasteiger partial charge in [-0.15, -0.1) is 0 Å². The third-order valence-electron chi connectivity index (χ3n) is 0. The summed E-state index contributed by atoms with van der Waals surface area (Å²) in [6.07, 6.45) is 0. The Hall–Kier alpha value is 2.73. The van der Waals surface area contributed by atoms with E-state index in [2.05, 4.69) is 78.6 Å². The van der Waals surface area contributed by atoms with Crippen molar-refractivity contribution in [1.82, 2.24) is 0 Å². The van der Waals surface area contributed by atoms with Crippen LogP contribution in [0.25, 0.3) is 0 Å². The summed E-state index contributed by atoms with van der Waals surface area (Å²) in [5.41, 5.74) is 0. The van der Waals surface area contributed by atoms with E-state index in [4.69, 9.17) is 0 Å². The van der Waals surface area contributed by atoms with Crippen molar-refractivity contribution in [3.8, 4) is 0 Å². The Morgan fingerprint density at radius 3 is 0.368 bits per heavy atom. The molecule has 0 aliphatic heterocycles. The van der Waals surface area contributed by atoms with Gasteiger partial charge in [0.25, 0.3) is 0 Å². The van der Waals surface area contributed by atoms with Gasteiger partial charge in [0.2, 0.25) is 0 Å². The minimum atomic E-state index is -0.611. The van der Waals surface area contributed by atoms with Crippen molar-refractivity contribution in [3.63, 3.8) is 0 Å². The third kappa shape index (κ3) is 974. The summed E-state index contributed by atoms with van der Waals surface area (Å²) < 4.78 is 0. The number of rotatable bonds is 0. The first-order valence-corrected chi connectivity index (χ1v) is 18.0. The summed E-state index contributed by atoms with van der Waals surface area (Å²) in [6.45, 7) is 27.9. The molecule has 0 aliphatic rings. The maximum absolute atomic E-state index is 2.33. The smallest absolute Gasteiger partial charge is 0.0411 e. The van der Waals surface area contributed by atoms with E-state index in [0.29, 0.717) is 0 Å². The van der Waals surface area contributed by atoms with Crippen molar-refractivity contribution in [2.75, 3.05) is 0 Å². The summed E-state index contributed by atoms with van der Waals surface area (Å²) in [4.78, 5) is 0. The Bertz CT molecular complexity index is 106. The molecule has 0 saturated heterocycles. The van der Waals surface area contributed by atoms with Gasteiger partial charge in [-0.1, -0.05) is 78.6 Å². The quantitative estimate of drug-likeness (QED) is 0.405. The zero-order chi connectivity index (χ0) is 13.5. The van der Waals surface area contributed by atoms with Gasteiger partial charge in [-0.05, 0) is 0 Å². The molecule has 0 aliphatic carbocycles. The minimum absolute atomic E-state index is 0. The van der Waals surface area contributed by atoms with Crippen LogP contribution in [0.4, 0.5) is 0 Å². The van der Waals surface area contributed by atoms with Crippen LogP contribution in [0, 0.1) is 41.3 Å². The van der Waals surface area contributed by atoms with Gasteiger partial charge in [0.1, 0.15) is 0 Å². The Morgan fingerprint density at radius 2 is 0.368 bits per heavy atom. The first-order valence-electron chi connectivity index (χ1n) is 6.00. The molecule has 19 heavy (non-hydrogen) atoms. The predicted octanol–water partition coefficient (Wildman–Crippen LogP) is 3.83. The molecule has 0 heterocycles. The van der Waals surface area contributed by atoms with Gasteiger partial charge in [0, 0.05) is 89.4 Å². The second kappa shape index (κ2) is 18.8. The van der Waals surface area contributed by atoms with Crippen molar-refractivity contribution in [3.05, 3.63) is 0 Å². The largest absolute Gasteiger partial charge is 0.412 e. The molecule has 7 heteroatoms. The summed E-state index contributed by atoms with van der Waals surface area (Å²) in [6, 6.07) is 0. The van der Waals surface area contributed by atoms with Crippen LogP contribution >= 0.6 is 0 Å². The fraction of sp³-hybridized carbons (Fsp3) is 1.00. The number of hydrogen-bond donors (Lipinski definition) is 0. The Morgan fingerprint density at radius 1 is 0.368 bits per heavy atom. The average Bonchev–Trinajstić information content (AvgIpc) is 1.41. The van der Waals surface area contributed by atoms with Crippen LogP contribution in [0.1, 0.15) is 0 Å². The van der Waals surface area contributed by atoms with Gasteiger partial charge in [0.15, 0.2) is 0 Å². The summed E-state index contributed by atoms with van der Waals surface area (Å²) in [7, 11) is -1.83. The maximum atomic E-state index is 2.33. The van der Waals surface area contributed by atoms with Gasteiger partial charge >= 0.3 is 0 Å². The molecule has 0 amide bonds. The molecule has 0 aromatic carbocycles. The monoisotopic (exact) mass is 561 g/mol. The molecule has 0 unspecified atom stereocenters. The third-order valence-corrected chi connectivity index (χ3v) is 0. The Balaban J connectivity index is -0.0000000206. The van der Waals surface area contributed by atoms with Crippen LogP contribution in [0.5, 0.6) is 0 Å². The summed E-state index contributed by atoms with van der Waals surface area (Å²) in [5.74, 6) is 0. The molecular weight excluding hydrogens is 520 g/mol. The van der Waals surface area contributed by atoms with E-state index >= 15 is 0 Å². The minimum Gasteiger partial charge on any atom is -0.412 e. The van der Waals surface area contributed by atoms with Crippen molar-refractivity contribution in [2.45, 2.75) is 78.6 Å². The Kier molecular flexibility index (Phi) is 42.5. The molecule has 0 atom stereocenters. The first kappa shape index (κ1) is 43.0. The second-order valence-corrected chi connectivity index (χ2v) is 27.0. The molecule has 4 N–H and O–H groups in total. The van der Waals surface area contributed by atoms with Crippen LogP contribution in [-0.2, 0) is 0 Å². The zero-order valence-electron chi connectivity index (χ0n) is 15.6. The Labute approximate surface area is 176 Å². The molecule has 0 saturated carbocycles. The second-order valence-electron chi connectivity index (χ2n) is 9.00. The SMILES string of the molecule is C[Si](C)(C)C.C[Si](C)(C)C.C[Si](C)(C)C.O.O.[Pr].[Sn]. The van der Waals surface area contributed by atoms with E-state index < -0.39 is 24.2 Å². The van der Waals surface area contributed by atoms with Crippen molar-refractivity contribution >= 4 is 48.1 Å². The van der Waals surface area contributed by atoms with Crippen molar-refractivity contribution in [2.24, 2.45) is 0 Å². The maximum Gasteiger partial charge on any atom is 0.0411 e. The van der Waals surface area contributed by atoms with E-state index in [0.717, 1.165) is 0 Å². The number of hydrogen-bond acceptors (Lipinski definition) is 0. The fourth-order valence-corrected chi connectivity index (χ4v) is 0. The molecule has 119 valence electrons. The predicted molar refractivity (Wildman–Crippen MR) is 101 cm³/mol. The van der Waals surface area contributed by atoms with Crippen LogP contribution in [0.2, 0.25) is 78.6 Å². The van der Waals surface area contributed by atoms with E-state index in [-0.39, 0.29) is 76.2 Å². The van der Waals surface area contributed by atoms with Gasteiger partial charge in [0.05, 0.1) is 0 Å².